The molecule has 2 nitrogen and oxygen atoms in total. The Labute approximate surface area is 97.0 Å². The first kappa shape index (κ1) is 10.3. The van der Waals surface area contributed by atoms with Crippen LogP contribution in [0.15, 0.2) is 24.3 Å². The van der Waals surface area contributed by atoms with Crippen LogP contribution in [0.3, 0.4) is 0 Å². The molecule has 0 bridgehead atoms. The first-order valence-electron chi connectivity index (χ1n) is 6.32. The quantitative estimate of drug-likeness (QED) is 0.836. The highest BCUT2D eigenvalue weighted by atomic mass is 16.5. The number of benzene rings is 1. The molecule has 1 aliphatic heterocycles. The van der Waals surface area contributed by atoms with Gasteiger partial charge in [-0.3, -0.25) is 0 Å². The number of ether oxygens (including phenoxy) is 1. The van der Waals surface area contributed by atoms with Gasteiger partial charge in [0.2, 0.25) is 0 Å². The number of nitrogens with one attached hydrogen (secondary N) is 1. The van der Waals surface area contributed by atoms with Crippen molar-refractivity contribution in [1.29, 1.82) is 0 Å². The minimum absolute atomic E-state index is 0.560. The maximum Gasteiger partial charge on any atom is 0.0620 e. The van der Waals surface area contributed by atoms with Gasteiger partial charge in [0.15, 0.2) is 0 Å². The molecule has 1 heterocycles. The highest BCUT2D eigenvalue weighted by Gasteiger charge is 2.23. The van der Waals surface area contributed by atoms with Crippen LogP contribution in [0, 0.1) is 0 Å². The second-order valence-electron chi connectivity index (χ2n) is 4.96. The Morgan fingerprint density at radius 1 is 1.25 bits per heavy atom. The van der Waals surface area contributed by atoms with Crippen molar-refractivity contribution < 1.29 is 4.74 Å². The van der Waals surface area contributed by atoms with Crippen molar-refractivity contribution in [2.24, 2.45) is 0 Å². The summed E-state index contributed by atoms with van der Waals surface area (Å²) in [5, 5.41) is 3.56. The van der Waals surface area contributed by atoms with Crippen molar-refractivity contribution in [3.63, 3.8) is 0 Å². The van der Waals surface area contributed by atoms with Crippen molar-refractivity contribution >= 4 is 0 Å². The van der Waals surface area contributed by atoms with Crippen molar-refractivity contribution in [3.8, 4) is 0 Å². The Morgan fingerprint density at radius 2 is 2.19 bits per heavy atom. The van der Waals surface area contributed by atoms with Crippen LogP contribution in [0.1, 0.15) is 36.3 Å². The zero-order valence-corrected chi connectivity index (χ0v) is 9.61. The molecule has 0 spiro atoms. The van der Waals surface area contributed by atoms with E-state index in [1.54, 1.807) is 0 Å². The van der Waals surface area contributed by atoms with E-state index in [-0.39, 0.29) is 0 Å². The largest absolute Gasteiger partial charge is 0.380 e. The zero-order chi connectivity index (χ0) is 10.8. The Hall–Kier alpha value is -0.860. The standard InChI is InChI=1S/C14H19NO/c1-2-11(8-13(3-1)12-4-5-12)9-15-14-6-7-16-10-14/h1-3,8,12,14-15H,4-7,9-10H2. The molecule has 1 unspecified atom stereocenters. The van der Waals surface area contributed by atoms with Crippen LogP contribution >= 0.6 is 0 Å². The van der Waals surface area contributed by atoms with Gasteiger partial charge in [-0.15, -0.1) is 0 Å². The molecule has 1 aliphatic carbocycles. The van der Waals surface area contributed by atoms with Crippen molar-refractivity contribution in [2.45, 2.75) is 37.8 Å². The third-order valence-electron chi connectivity index (χ3n) is 3.52. The number of hydrogen-bond acceptors (Lipinski definition) is 2. The number of hydrogen-bond donors (Lipinski definition) is 1. The minimum atomic E-state index is 0.560. The van der Waals surface area contributed by atoms with Gasteiger partial charge in [0.1, 0.15) is 0 Å². The Bertz CT molecular complexity index is 354. The summed E-state index contributed by atoms with van der Waals surface area (Å²) in [6, 6.07) is 9.59. The van der Waals surface area contributed by atoms with E-state index in [1.165, 1.54) is 24.0 Å². The Kier molecular flexibility index (Phi) is 2.94. The smallest absolute Gasteiger partial charge is 0.0620 e. The lowest BCUT2D eigenvalue weighted by Crippen LogP contribution is -2.28. The fourth-order valence-electron chi connectivity index (χ4n) is 2.33. The summed E-state index contributed by atoms with van der Waals surface area (Å²) in [4.78, 5) is 0. The molecule has 1 atom stereocenters. The van der Waals surface area contributed by atoms with Gasteiger partial charge in [0.25, 0.3) is 0 Å². The molecule has 0 radical (unpaired) electrons. The molecule has 0 aromatic heterocycles. The van der Waals surface area contributed by atoms with Gasteiger partial charge >= 0.3 is 0 Å². The van der Waals surface area contributed by atoms with Gasteiger partial charge in [0, 0.05) is 19.2 Å². The SMILES string of the molecule is c1cc(CNC2CCOC2)cc(C2CC2)c1. The molecular weight excluding hydrogens is 198 g/mol. The van der Waals surface area contributed by atoms with E-state index in [2.05, 4.69) is 29.6 Å². The summed E-state index contributed by atoms with van der Waals surface area (Å²) in [6.45, 7) is 2.77. The van der Waals surface area contributed by atoms with Gasteiger partial charge < -0.3 is 10.1 Å². The fourth-order valence-corrected chi connectivity index (χ4v) is 2.33. The molecule has 1 aromatic rings. The normalized spacial score (nSPS) is 24.9. The van der Waals surface area contributed by atoms with Crippen LogP contribution in [0.25, 0.3) is 0 Å². The van der Waals surface area contributed by atoms with E-state index >= 15 is 0 Å². The van der Waals surface area contributed by atoms with Crippen molar-refractivity contribution in [3.05, 3.63) is 35.4 Å². The molecule has 86 valence electrons. The lowest BCUT2D eigenvalue weighted by Gasteiger charge is -2.11. The molecule has 2 aliphatic rings. The van der Waals surface area contributed by atoms with Gasteiger partial charge in [-0.25, -0.2) is 0 Å². The summed E-state index contributed by atoms with van der Waals surface area (Å²) in [5.74, 6) is 0.856. The van der Waals surface area contributed by atoms with Crippen molar-refractivity contribution in [2.75, 3.05) is 13.2 Å². The molecular formula is C14H19NO. The lowest BCUT2D eigenvalue weighted by molar-refractivity contribution is 0.190. The fraction of sp³-hybridized carbons (Fsp3) is 0.571. The molecule has 2 fully saturated rings. The molecule has 2 heteroatoms. The summed E-state index contributed by atoms with van der Waals surface area (Å²) in [5.41, 5.74) is 2.94. The monoisotopic (exact) mass is 217 g/mol. The van der Waals surface area contributed by atoms with E-state index in [0.717, 1.165) is 32.1 Å². The zero-order valence-electron chi connectivity index (χ0n) is 9.61. The number of rotatable bonds is 4. The average Bonchev–Trinajstić information content (AvgIpc) is 3.05. The van der Waals surface area contributed by atoms with Gasteiger partial charge in [0.05, 0.1) is 6.61 Å². The Balaban J connectivity index is 1.58. The van der Waals surface area contributed by atoms with E-state index in [4.69, 9.17) is 4.74 Å². The molecule has 16 heavy (non-hydrogen) atoms. The maximum atomic E-state index is 5.35. The van der Waals surface area contributed by atoms with Crippen LogP contribution in [-0.2, 0) is 11.3 Å². The second kappa shape index (κ2) is 4.56. The molecule has 0 amide bonds. The first-order chi connectivity index (χ1) is 7.92. The second-order valence-corrected chi connectivity index (χ2v) is 4.96. The van der Waals surface area contributed by atoms with E-state index in [0.29, 0.717) is 6.04 Å². The molecule has 1 N–H and O–H groups in total. The third-order valence-corrected chi connectivity index (χ3v) is 3.52. The molecule has 1 saturated carbocycles. The summed E-state index contributed by atoms with van der Waals surface area (Å²) in [6.07, 6.45) is 3.92. The van der Waals surface area contributed by atoms with Crippen LogP contribution < -0.4 is 5.32 Å². The summed E-state index contributed by atoms with van der Waals surface area (Å²) >= 11 is 0. The van der Waals surface area contributed by atoms with Crippen LogP contribution in [0.2, 0.25) is 0 Å². The minimum Gasteiger partial charge on any atom is -0.380 e. The highest BCUT2D eigenvalue weighted by Crippen LogP contribution is 2.40. The van der Waals surface area contributed by atoms with Crippen LogP contribution in [0.5, 0.6) is 0 Å². The topological polar surface area (TPSA) is 21.3 Å². The summed E-state index contributed by atoms with van der Waals surface area (Å²) < 4.78 is 5.35. The van der Waals surface area contributed by atoms with E-state index < -0.39 is 0 Å². The van der Waals surface area contributed by atoms with Gasteiger partial charge in [-0.2, -0.15) is 0 Å². The van der Waals surface area contributed by atoms with Crippen LogP contribution in [-0.4, -0.2) is 19.3 Å². The summed E-state index contributed by atoms with van der Waals surface area (Å²) in [7, 11) is 0. The van der Waals surface area contributed by atoms with Gasteiger partial charge in [-0.05, 0) is 36.3 Å². The average molecular weight is 217 g/mol. The molecule has 1 aromatic carbocycles. The lowest BCUT2D eigenvalue weighted by atomic mass is 10.1. The molecule has 3 rings (SSSR count). The third kappa shape index (κ3) is 2.45. The Morgan fingerprint density at radius 3 is 2.94 bits per heavy atom. The first-order valence-corrected chi connectivity index (χ1v) is 6.32. The maximum absolute atomic E-state index is 5.35. The van der Waals surface area contributed by atoms with Gasteiger partial charge in [-0.1, -0.05) is 24.3 Å². The predicted molar refractivity (Wildman–Crippen MR) is 64.5 cm³/mol. The van der Waals surface area contributed by atoms with E-state index in [1.807, 2.05) is 0 Å². The van der Waals surface area contributed by atoms with E-state index in [9.17, 15) is 0 Å². The predicted octanol–water partition coefficient (Wildman–Crippen LogP) is 2.44. The van der Waals surface area contributed by atoms with Crippen LogP contribution in [0.4, 0.5) is 0 Å². The van der Waals surface area contributed by atoms with Crippen molar-refractivity contribution in [1.82, 2.24) is 5.32 Å². The highest BCUT2D eigenvalue weighted by molar-refractivity contribution is 5.29. The molecule has 1 saturated heterocycles.